The van der Waals surface area contributed by atoms with Crippen molar-refractivity contribution in [3.8, 4) is 11.8 Å². The second-order valence-corrected chi connectivity index (χ2v) is 5.20. The smallest absolute Gasteiger partial charge is 0.419 e. The summed E-state index contributed by atoms with van der Waals surface area (Å²) in [7, 11) is 0. The molecule has 0 saturated heterocycles. The number of hydrogen-bond donors (Lipinski definition) is 1. The van der Waals surface area contributed by atoms with E-state index in [0.717, 1.165) is 6.07 Å². The van der Waals surface area contributed by atoms with Gasteiger partial charge in [-0.2, -0.15) is 18.4 Å². The number of ketones is 1. The topological polar surface area (TPSA) is 62.1 Å². The first-order chi connectivity index (χ1) is 11.8. The molecule has 0 spiro atoms. The molecule has 0 aliphatic rings. The third kappa shape index (κ3) is 4.73. The fourth-order valence-electron chi connectivity index (χ4n) is 2.18. The molecule has 0 atom stereocenters. The molecule has 0 aliphatic carbocycles. The zero-order chi connectivity index (χ0) is 18.4. The van der Waals surface area contributed by atoms with E-state index in [1.807, 2.05) is 6.07 Å². The summed E-state index contributed by atoms with van der Waals surface area (Å²) in [5.41, 5.74) is 0.361. The molecular weight excluding hydrogens is 333 g/mol. The lowest BCUT2D eigenvalue weighted by Gasteiger charge is -2.14. The Kier molecular flexibility index (Phi) is 5.65. The Morgan fingerprint density at radius 1 is 1.24 bits per heavy atom. The largest absolute Gasteiger partial charge is 0.491 e. The summed E-state index contributed by atoms with van der Waals surface area (Å²) in [6, 6.07) is 11.5. The Balaban J connectivity index is 2.02. The van der Waals surface area contributed by atoms with Gasteiger partial charge in [-0.25, -0.2) is 0 Å². The van der Waals surface area contributed by atoms with Crippen LogP contribution in [0.4, 0.5) is 18.9 Å². The highest BCUT2D eigenvalue weighted by atomic mass is 19.4. The molecule has 130 valence electrons. The van der Waals surface area contributed by atoms with Crippen molar-refractivity contribution >= 4 is 11.5 Å². The molecule has 0 radical (unpaired) electrons. The SMILES string of the molecule is CC(=O)c1ccc(C#N)c(NCCOc2ccccc2C(F)(F)F)c1. The van der Waals surface area contributed by atoms with E-state index < -0.39 is 11.7 Å². The van der Waals surface area contributed by atoms with Crippen LogP contribution in [0.1, 0.15) is 28.4 Å². The molecule has 2 aromatic carbocycles. The van der Waals surface area contributed by atoms with Crippen LogP contribution in [-0.4, -0.2) is 18.9 Å². The zero-order valence-electron chi connectivity index (χ0n) is 13.4. The highest BCUT2D eigenvalue weighted by Crippen LogP contribution is 2.35. The van der Waals surface area contributed by atoms with E-state index in [1.165, 1.54) is 37.3 Å². The lowest BCUT2D eigenvalue weighted by atomic mass is 10.1. The molecule has 0 amide bonds. The predicted molar refractivity (Wildman–Crippen MR) is 86.6 cm³/mol. The first-order valence-corrected chi connectivity index (χ1v) is 7.41. The number of nitrogens with zero attached hydrogens (tertiary/aromatic N) is 1. The normalized spacial score (nSPS) is 10.8. The van der Waals surface area contributed by atoms with Crippen LogP contribution in [0.5, 0.6) is 5.75 Å². The second-order valence-electron chi connectivity index (χ2n) is 5.20. The number of benzene rings is 2. The van der Waals surface area contributed by atoms with Crippen molar-refractivity contribution < 1.29 is 22.7 Å². The van der Waals surface area contributed by atoms with Gasteiger partial charge < -0.3 is 10.1 Å². The number of carbonyl (C=O) groups excluding carboxylic acids is 1. The van der Waals surface area contributed by atoms with Gasteiger partial charge in [0, 0.05) is 12.1 Å². The molecule has 1 N–H and O–H groups in total. The summed E-state index contributed by atoms with van der Waals surface area (Å²) in [5.74, 6) is -0.405. The van der Waals surface area contributed by atoms with Crippen LogP contribution >= 0.6 is 0 Å². The minimum atomic E-state index is -4.49. The lowest BCUT2D eigenvalue weighted by molar-refractivity contribution is -0.138. The van der Waals surface area contributed by atoms with Gasteiger partial charge >= 0.3 is 6.18 Å². The third-order valence-electron chi connectivity index (χ3n) is 3.41. The molecule has 0 bridgehead atoms. The van der Waals surface area contributed by atoms with Crippen LogP contribution < -0.4 is 10.1 Å². The van der Waals surface area contributed by atoms with E-state index in [-0.39, 0.29) is 24.7 Å². The van der Waals surface area contributed by atoms with Crippen LogP contribution in [0.3, 0.4) is 0 Å². The summed E-state index contributed by atoms with van der Waals surface area (Å²) < 4.78 is 43.8. The molecule has 7 heteroatoms. The van der Waals surface area contributed by atoms with E-state index in [0.29, 0.717) is 16.8 Å². The number of halogens is 3. The van der Waals surface area contributed by atoms with Gasteiger partial charge in [-0.1, -0.05) is 12.1 Å². The summed E-state index contributed by atoms with van der Waals surface area (Å²) in [6.07, 6.45) is -4.49. The van der Waals surface area contributed by atoms with Crippen LogP contribution in [0.25, 0.3) is 0 Å². The Morgan fingerprint density at radius 2 is 1.96 bits per heavy atom. The van der Waals surface area contributed by atoms with Crippen molar-refractivity contribution in [2.75, 3.05) is 18.5 Å². The Hall–Kier alpha value is -3.01. The van der Waals surface area contributed by atoms with Crippen molar-refractivity contribution in [3.63, 3.8) is 0 Å². The lowest BCUT2D eigenvalue weighted by Crippen LogP contribution is -2.15. The van der Waals surface area contributed by atoms with E-state index in [2.05, 4.69) is 5.32 Å². The van der Waals surface area contributed by atoms with Crippen LogP contribution in [0.15, 0.2) is 42.5 Å². The fraction of sp³-hybridized carbons (Fsp3) is 0.222. The van der Waals surface area contributed by atoms with Crippen LogP contribution in [0, 0.1) is 11.3 Å². The van der Waals surface area contributed by atoms with Gasteiger partial charge in [0.15, 0.2) is 5.78 Å². The van der Waals surface area contributed by atoms with E-state index in [9.17, 15) is 18.0 Å². The standard InChI is InChI=1S/C18H15F3N2O2/c1-12(24)13-6-7-14(11-22)16(10-13)23-8-9-25-17-5-3-2-4-15(17)18(19,20)21/h2-7,10,23H,8-9H2,1H3. The molecular formula is C18H15F3N2O2. The molecule has 0 aromatic heterocycles. The predicted octanol–water partition coefficient (Wildman–Crippen LogP) is 4.27. The number of nitriles is 1. The Labute approximate surface area is 142 Å². The first-order valence-electron chi connectivity index (χ1n) is 7.41. The van der Waals surface area contributed by atoms with Crippen molar-refractivity contribution in [1.82, 2.24) is 0 Å². The summed E-state index contributed by atoms with van der Waals surface area (Å²) in [4.78, 5) is 11.4. The summed E-state index contributed by atoms with van der Waals surface area (Å²) >= 11 is 0. The van der Waals surface area contributed by atoms with E-state index in [1.54, 1.807) is 6.07 Å². The number of anilines is 1. The van der Waals surface area contributed by atoms with Crippen molar-refractivity contribution in [2.24, 2.45) is 0 Å². The zero-order valence-corrected chi connectivity index (χ0v) is 13.4. The first kappa shape index (κ1) is 18.3. The average Bonchev–Trinajstić information content (AvgIpc) is 2.58. The van der Waals surface area contributed by atoms with Crippen molar-refractivity contribution in [1.29, 1.82) is 5.26 Å². The number of ether oxygens (including phenoxy) is 1. The highest BCUT2D eigenvalue weighted by molar-refractivity contribution is 5.95. The molecule has 2 rings (SSSR count). The summed E-state index contributed by atoms with van der Waals surface area (Å²) in [6.45, 7) is 1.53. The number of Topliss-reactive ketones (excluding diaryl/α,β-unsaturated/α-hetero) is 1. The van der Waals surface area contributed by atoms with Crippen LogP contribution in [-0.2, 0) is 6.18 Å². The number of para-hydroxylation sites is 1. The average molecular weight is 348 g/mol. The van der Waals surface area contributed by atoms with Gasteiger partial charge in [0.25, 0.3) is 0 Å². The molecule has 0 unspecified atom stereocenters. The van der Waals surface area contributed by atoms with E-state index >= 15 is 0 Å². The van der Waals surface area contributed by atoms with Gasteiger partial charge in [0.1, 0.15) is 18.4 Å². The highest BCUT2D eigenvalue weighted by Gasteiger charge is 2.33. The molecule has 0 saturated carbocycles. The molecule has 2 aromatic rings. The van der Waals surface area contributed by atoms with Gasteiger partial charge in [0.05, 0.1) is 16.8 Å². The van der Waals surface area contributed by atoms with Gasteiger partial charge in [-0.05, 0) is 37.3 Å². The molecule has 4 nitrogen and oxygen atoms in total. The minimum Gasteiger partial charge on any atom is -0.491 e. The van der Waals surface area contributed by atoms with Crippen molar-refractivity contribution in [3.05, 3.63) is 59.2 Å². The van der Waals surface area contributed by atoms with Crippen LogP contribution in [0.2, 0.25) is 0 Å². The molecule has 0 aliphatic heterocycles. The number of rotatable bonds is 6. The van der Waals surface area contributed by atoms with Gasteiger partial charge in [0.2, 0.25) is 0 Å². The monoisotopic (exact) mass is 348 g/mol. The quantitative estimate of drug-likeness (QED) is 0.625. The maximum absolute atomic E-state index is 12.9. The third-order valence-corrected chi connectivity index (χ3v) is 3.41. The Morgan fingerprint density at radius 3 is 2.60 bits per heavy atom. The number of alkyl halides is 3. The number of hydrogen-bond acceptors (Lipinski definition) is 4. The fourth-order valence-corrected chi connectivity index (χ4v) is 2.18. The minimum absolute atomic E-state index is 0.0394. The number of nitrogens with one attached hydrogen (secondary N) is 1. The van der Waals surface area contributed by atoms with E-state index in [4.69, 9.17) is 10.00 Å². The second kappa shape index (κ2) is 7.71. The van der Waals surface area contributed by atoms with Crippen molar-refractivity contribution in [2.45, 2.75) is 13.1 Å². The maximum Gasteiger partial charge on any atom is 0.419 e. The number of carbonyl (C=O) groups is 1. The molecule has 25 heavy (non-hydrogen) atoms. The molecule has 0 fully saturated rings. The summed E-state index contributed by atoms with van der Waals surface area (Å²) in [5, 5.41) is 12.0. The Bertz CT molecular complexity index is 811. The maximum atomic E-state index is 12.9. The molecule has 0 heterocycles. The van der Waals surface area contributed by atoms with Gasteiger partial charge in [-0.3, -0.25) is 4.79 Å². The van der Waals surface area contributed by atoms with Gasteiger partial charge in [-0.15, -0.1) is 0 Å².